The Kier molecular flexibility index (Phi) is 4.57. The summed E-state index contributed by atoms with van der Waals surface area (Å²) >= 11 is -1.74. The van der Waals surface area contributed by atoms with Crippen LogP contribution in [0.15, 0.2) is 47.4 Å². The largest absolute Gasteiger partial charge is 0.417 e. The number of carbonyl (C=O) groups is 1. The number of rotatable bonds is 2. The number of benzene rings is 2. The van der Waals surface area contributed by atoms with Crippen LogP contribution >= 0.6 is 11.1 Å². The lowest BCUT2D eigenvalue weighted by molar-refractivity contribution is -0.138. The summed E-state index contributed by atoms with van der Waals surface area (Å²) in [6.45, 7) is 3.41. The Labute approximate surface area is 157 Å². The SMILES string of the molecule is CC1(C)C(=O)[SH](c2ccc(C#N)c(C(F)(F)F)c2)NN1c1ccc(N)cc1. The Morgan fingerprint density at radius 2 is 1.81 bits per heavy atom. The Morgan fingerprint density at radius 1 is 1.19 bits per heavy atom. The highest BCUT2D eigenvalue weighted by Crippen LogP contribution is 2.48. The Bertz CT molecular complexity index is 935. The first-order valence-corrected chi connectivity index (χ1v) is 9.28. The molecule has 0 aromatic heterocycles. The van der Waals surface area contributed by atoms with Crippen molar-refractivity contribution in [1.82, 2.24) is 4.83 Å². The predicted molar refractivity (Wildman–Crippen MR) is 99.0 cm³/mol. The summed E-state index contributed by atoms with van der Waals surface area (Å²) in [6, 6.07) is 11.8. The molecule has 142 valence electrons. The van der Waals surface area contributed by atoms with Gasteiger partial charge in [-0.3, -0.25) is 9.80 Å². The van der Waals surface area contributed by atoms with E-state index in [1.807, 2.05) is 0 Å². The number of hydrogen-bond acceptors (Lipinski definition) is 5. The molecule has 5 nitrogen and oxygen atoms in total. The summed E-state index contributed by atoms with van der Waals surface area (Å²) in [6.07, 6.45) is -4.68. The number of thiol groups is 1. The molecule has 1 unspecified atom stereocenters. The average Bonchev–Trinajstić information content (AvgIpc) is 2.85. The molecule has 0 amide bonds. The maximum absolute atomic E-state index is 13.3. The van der Waals surface area contributed by atoms with Crippen LogP contribution < -0.4 is 15.6 Å². The van der Waals surface area contributed by atoms with E-state index in [2.05, 4.69) is 4.83 Å². The molecule has 0 spiro atoms. The molecular formula is C18H17F3N4OS. The number of carbonyl (C=O) groups excluding carboxylic acids is 1. The highest BCUT2D eigenvalue weighted by atomic mass is 32.2. The molecule has 27 heavy (non-hydrogen) atoms. The van der Waals surface area contributed by atoms with Crippen molar-refractivity contribution in [3.05, 3.63) is 53.6 Å². The fraction of sp³-hybridized carbons (Fsp3) is 0.222. The van der Waals surface area contributed by atoms with Crippen molar-refractivity contribution < 1.29 is 18.0 Å². The molecule has 3 rings (SSSR count). The van der Waals surface area contributed by atoms with E-state index in [0.717, 1.165) is 12.1 Å². The first-order chi connectivity index (χ1) is 12.6. The van der Waals surface area contributed by atoms with E-state index < -0.39 is 33.9 Å². The molecule has 9 heteroatoms. The molecule has 0 bridgehead atoms. The minimum absolute atomic E-state index is 0.215. The number of halogens is 3. The molecule has 0 saturated carbocycles. The Balaban J connectivity index is 2.02. The van der Waals surface area contributed by atoms with E-state index >= 15 is 0 Å². The van der Waals surface area contributed by atoms with Crippen LogP contribution in [0.5, 0.6) is 0 Å². The van der Waals surface area contributed by atoms with Crippen LogP contribution in [0.2, 0.25) is 0 Å². The number of nitrogens with one attached hydrogen (secondary N) is 1. The van der Waals surface area contributed by atoms with E-state index in [4.69, 9.17) is 11.0 Å². The van der Waals surface area contributed by atoms with Crippen molar-refractivity contribution in [1.29, 1.82) is 5.26 Å². The zero-order valence-corrected chi connectivity index (χ0v) is 15.4. The second-order valence-corrected chi connectivity index (χ2v) is 8.36. The highest BCUT2D eigenvalue weighted by Gasteiger charge is 2.46. The Hall–Kier alpha value is -2.70. The van der Waals surface area contributed by atoms with E-state index in [1.165, 1.54) is 6.07 Å². The standard InChI is InChI=1S/C18H17F3N4OS/c1-17(2)16(26)27(24-25(17)13-6-4-12(23)5-7-13)14-8-3-11(10-22)15(9-14)18(19,20)21/h3-9,24,27H,23H2,1-2H3. The van der Waals surface area contributed by atoms with Gasteiger partial charge in [-0.15, -0.1) is 0 Å². The fourth-order valence-corrected chi connectivity index (χ4v) is 4.96. The van der Waals surface area contributed by atoms with Gasteiger partial charge >= 0.3 is 6.18 Å². The molecule has 1 atom stereocenters. The van der Waals surface area contributed by atoms with Gasteiger partial charge in [0.15, 0.2) is 0 Å². The van der Waals surface area contributed by atoms with Gasteiger partial charge in [0.05, 0.1) is 22.9 Å². The van der Waals surface area contributed by atoms with Crippen LogP contribution in [0.1, 0.15) is 25.0 Å². The number of alkyl halides is 3. The molecule has 1 heterocycles. The molecule has 1 aliphatic rings. The van der Waals surface area contributed by atoms with Crippen LogP contribution in [0.4, 0.5) is 24.5 Å². The summed E-state index contributed by atoms with van der Waals surface area (Å²) in [5.41, 5.74) is 4.46. The highest BCUT2D eigenvalue weighted by molar-refractivity contribution is 8.28. The van der Waals surface area contributed by atoms with Gasteiger partial charge in [-0.05, 0) is 56.3 Å². The summed E-state index contributed by atoms with van der Waals surface area (Å²) in [5.74, 6) is 0. The van der Waals surface area contributed by atoms with Crippen molar-refractivity contribution in [3.8, 4) is 6.07 Å². The summed E-state index contributed by atoms with van der Waals surface area (Å²) < 4.78 is 39.8. The van der Waals surface area contributed by atoms with Crippen LogP contribution in [0.3, 0.4) is 0 Å². The van der Waals surface area contributed by atoms with E-state index in [0.29, 0.717) is 11.4 Å². The van der Waals surface area contributed by atoms with Crippen LogP contribution in [-0.2, 0) is 11.0 Å². The molecule has 2 aromatic carbocycles. The molecule has 1 fully saturated rings. The van der Waals surface area contributed by atoms with Crippen molar-refractivity contribution in [2.45, 2.75) is 30.5 Å². The monoisotopic (exact) mass is 394 g/mol. The summed E-state index contributed by atoms with van der Waals surface area (Å²) in [4.78, 5) is 16.2. The quantitative estimate of drug-likeness (QED) is 0.534. The van der Waals surface area contributed by atoms with Gasteiger partial charge in [-0.1, -0.05) is 11.1 Å². The Morgan fingerprint density at radius 3 is 2.37 bits per heavy atom. The normalized spacial score (nSPS) is 20.5. The molecule has 0 aliphatic carbocycles. The lowest BCUT2D eigenvalue weighted by Gasteiger charge is -2.30. The van der Waals surface area contributed by atoms with Crippen molar-refractivity contribution in [2.24, 2.45) is 0 Å². The van der Waals surface area contributed by atoms with Crippen molar-refractivity contribution in [2.75, 3.05) is 10.7 Å². The molecule has 1 aliphatic heterocycles. The third-order valence-corrected chi connectivity index (χ3v) is 6.47. The smallest absolute Gasteiger partial charge is 0.399 e. The van der Waals surface area contributed by atoms with E-state index in [9.17, 15) is 18.0 Å². The van der Waals surface area contributed by atoms with Gasteiger partial charge in [0.25, 0.3) is 0 Å². The van der Waals surface area contributed by atoms with Gasteiger partial charge in [0.1, 0.15) is 5.54 Å². The second-order valence-electron chi connectivity index (χ2n) is 6.57. The first-order valence-electron chi connectivity index (χ1n) is 7.93. The van der Waals surface area contributed by atoms with Gasteiger partial charge < -0.3 is 5.73 Å². The van der Waals surface area contributed by atoms with Crippen LogP contribution in [-0.4, -0.2) is 10.7 Å². The number of nitrogens with two attached hydrogens (primary N) is 1. The van der Waals surface area contributed by atoms with Crippen molar-refractivity contribution >= 4 is 27.6 Å². The lowest BCUT2D eigenvalue weighted by Crippen LogP contribution is -2.46. The maximum Gasteiger partial charge on any atom is 0.417 e. The van der Waals surface area contributed by atoms with Crippen LogP contribution in [0.25, 0.3) is 0 Å². The predicted octanol–water partition coefficient (Wildman–Crippen LogP) is 3.76. The minimum atomic E-state index is -4.68. The minimum Gasteiger partial charge on any atom is -0.399 e. The zero-order valence-electron chi connectivity index (χ0n) is 14.5. The molecule has 3 N–H and O–H groups in total. The molecular weight excluding hydrogens is 377 g/mol. The molecule has 0 radical (unpaired) electrons. The van der Waals surface area contributed by atoms with E-state index in [-0.39, 0.29) is 10.0 Å². The first kappa shape index (κ1) is 19.1. The van der Waals surface area contributed by atoms with Crippen molar-refractivity contribution in [3.63, 3.8) is 0 Å². The number of nitriles is 1. The van der Waals surface area contributed by atoms with E-state index in [1.54, 1.807) is 49.2 Å². The second kappa shape index (κ2) is 6.48. The van der Waals surface area contributed by atoms with Gasteiger partial charge in [0, 0.05) is 10.6 Å². The van der Waals surface area contributed by atoms with Gasteiger partial charge in [0.2, 0.25) is 5.12 Å². The number of hydrogen-bond donors (Lipinski definition) is 3. The summed E-state index contributed by atoms with van der Waals surface area (Å²) in [5, 5.41) is 10.4. The lowest BCUT2D eigenvalue weighted by atomic mass is 10.1. The number of nitrogen functional groups attached to an aromatic ring is 1. The summed E-state index contributed by atoms with van der Waals surface area (Å²) in [7, 11) is 0. The van der Waals surface area contributed by atoms with Crippen LogP contribution in [0, 0.1) is 11.3 Å². The number of anilines is 2. The number of hydrazine groups is 1. The molecule has 1 saturated heterocycles. The zero-order chi connectivity index (χ0) is 20.0. The third-order valence-electron chi connectivity index (χ3n) is 4.32. The maximum atomic E-state index is 13.3. The number of nitrogens with zero attached hydrogens (tertiary/aromatic N) is 2. The van der Waals surface area contributed by atoms with Gasteiger partial charge in [-0.25, -0.2) is 0 Å². The van der Waals surface area contributed by atoms with Gasteiger partial charge in [-0.2, -0.15) is 23.3 Å². The average molecular weight is 394 g/mol. The molecule has 2 aromatic rings. The topological polar surface area (TPSA) is 82.2 Å². The fourth-order valence-electron chi connectivity index (χ4n) is 2.82. The third kappa shape index (κ3) is 3.34.